The van der Waals surface area contributed by atoms with Gasteiger partial charge in [-0.1, -0.05) is 0 Å². The minimum atomic E-state index is -0.382. The highest BCUT2D eigenvalue weighted by atomic mass is 16.3. The lowest BCUT2D eigenvalue weighted by atomic mass is 10.2. The lowest BCUT2D eigenvalue weighted by Crippen LogP contribution is -2.45. The summed E-state index contributed by atoms with van der Waals surface area (Å²) in [5.41, 5.74) is 0. The Labute approximate surface area is 90.8 Å². The van der Waals surface area contributed by atoms with E-state index in [0.717, 1.165) is 0 Å². The van der Waals surface area contributed by atoms with Crippen LogP contribution in [0, 0.1) is 0 Å². The molecule has 0 aromatic rings. The first-order chi connectivity index (χ1) is 7.00. The van der Waals surface area contributed by atoms with E-state index in [4.69, 9.17) is 0 Å². The molecule has 5 heteroatoms. The first kappa shape index (κ1) is 12.4. The number of aliphatic hydroxyl groups is 1. The van der Waals surface area contributed by atoms with E-state index in [9.17, 15) is 9.90 Å². The Morgan fingerprint density at radius 3 is 2.80 bits per heavy atom. The van der Waals surface area contributed by atoms with Crippen molar-refractivity contribution in [3.8, 4) is 0 Å². The fourth-order valence-electron chi connectivity index (χ4n) is 1.47. The third-order valence-corrected chi connectivity index (χ3v) is 2.88. The maximum atomic E-state index is 11.6. The van der Waals surface area contributed by atoms with Crippen molar-refractivity contribution < 1.29 is 9.90 Å². The predicted octanol–water partition coefficient (Wildman–Crippen LogP) is -1.22. The zero-order valence-corrected chi connectivity index (χ0v) is 9.66. The quantitative estimate of drug-likeness (QED) is 0.550. The van der Waals surface area contributed by atoms with Gasteiger partial charge in [-0.25, -0.2) is 0 Å². The van der Waals surface area contributed by atoms with Gasteiger partial charge in [0, 0.05) is 19.1 Å². The van der Waals surface area contributed by atoms with Crippen LogP contribution in [-0.4, -0.2) is 61.3 Å². The van der Waals surface area contributed by atoms with Crippen molar-refractivity contribution >= 4 is 5.91 Å². The van der Waals surface area contributed by atoms with Gasteiger partial charge in [-0.15, -0.1) is 0 Å². The van der Waals surface area contributed by atoms with Crippen LogP contribution in [0.1, 0.15) is 13.3 Å². The Morgan fingerprint density at radius 2 is 2.33 bits per heavy atom. The predicted molar refractivity (Wildman–Crippen MR) is 58.6 cm³/mol. The second-order valence-corrected chi connectivity index (χ2v) is 4.41. The van der Waals surface area contributed by atoms with Gasteiger partial charge in [0.25, 0.3) is 0 Å². The van der Waals surface area contributed by atoms with Crippen molar-refractivity contribution in [2.24, 2.45) is 0 Å². The number of rotatable bonds is 4. The van der Waals surface area contributed by atoms with Gasteiger partial charge in [-0.05, 0) is 27.4 Å². The number of nitrogens with zero attached hydrogens (tertiary/aromatic N) is 1. The van der Waals surface area contributed by atoms with Crippen LogP contribution in [0.15, 0.2) is 0 Å². The van der Waals surface area contributed by atoms with Crippen molar-refractivity contribution in [3.63, 3.8) is 0 Å². The maximum Gasteiger partial charge on any atom is 0.237 e. The lowest BCUT2D eigenvalue weighted by molar-refractivity contribution is -0.123. The molecule has 0 aromatic heterocycles. The molecule has 3 N–H and O–H groups in total. The van der Waals surface area contributed by atoms with E-state index < -0.39 is 0 Å². The van der Waals surface area contributed by atoms with E-state index in [2.05, 4.69) is 22.5 Å². The van der Waals surface area contributed by atoms with Crippen LogP contribution in [0.4, 0.5) is 0 Å². The van der Waals surface area contributed by atoms with Gasteiger partial charge in [-0.2, -0.15) is 0 Å². The molecule has 0 aromatic carbocycles. The average molecular weight is 215 g/mol. The monoisotopic (exact) mass is 215 g/mol. The molecule has 88 valence electrons. The molecule has 0 aliphatic carbocycles. The van der Waals surface area contributed by atoms with E-state index in [1.807, 2.05) is 14.1 Å². The summed E-state index contributed by atoms with van der Waals surface area (Å²) >= 11 is 0. The first-order valence-electron chi connectivity index (χ1n) is 5.36. The average Bonchev–Trinajstić information content (AvgIpc) is 2.60. The van der Waals surface area contributed by atoms with Crippen molar-refractivity contribution in [1.29, 1.82) is 0 Å². The van der Waals surface area contributed by atoms with Crippen molar-refractivity contribution in [3.05, 3.63) is 0 Å². The summed E-state index contributed by atoms with van der Waals surface area (Å²) in [6, 6.07) is 0.0923. The molecule has 1 saturated heterocycles. The van der Waals surface area contributed by atoms with Crippen LogP contribution in [0.5, 0.6) is 0 Å². The Bertz CT molecular complexity index is 221. The SMILES string of the molecule is CC(CNC(=O)C1CC(O)CN1)N(C)C. The van der Waals surface area contributed by atoms with E-state index in [-0.39, 0.29) is 18.1 Å². The highest BCUT2D eigenvalue weighted by molar-refractivity contribution is 5.82. The summed E-state index contributed by atoms with van der Waals surface area (Å²) in [5, 5.41) is 15.1. The molecule has 1 amide bonds. The van der Waals surface area contributed by atoms with Gasteiger partial charge in [0.2, 0.25) is 5.91 Å². The molecule has 0 spiro atoms. The van der Waals surface area contributed by atoms with Crippen molar-refractivity contribution in [1.82, 2.24) is 15.5 Å². The fraction of sp³-hybridized carbons (Fsp3) is 0.900. The summed E-state index contributed by atoms with van der Waals surface area (Å²) in [7, 11) is 3.96. The van der Waals surface area contributed by atoms with Gasteiger partial charge in [-0.3, -0.25) is 4.79 Å². The number of aliphatic hydroxyl groups excluding tert-OH is 1. The van der Waals surface area contributed by atoms with Gasteiger partial charge >= 0.3 is 0 Å². The van der Waals surface area contributed by atoms with Gasteiger partial charge in [0.05, 0.1) is 12.1 Å². The van der Waals surface area contributed by atoms with Crippen LogP contribution in [0.25, 0.3) is 0 Å². The fourth-order valence-corrected chi connectivity index (χ4v) is 1.47. The molecule has 3 atom stereocenters. The summed E-state index contributed by atoms with van der Waals surface area (Å²) in [6.45, 7) is 3.21. The number of β-amino-alcohol motifs (C(OH)–C–C–N with tert-alkyl or cyclic N) is 1. The normalized spacial score (nSPS) is 28.1. The number of amides is 1. The molecule has 0 saturated carbocycles. The first-order valence-corrected chi connectivity index (χ1v) is 5.36. The second kappa shape index (κ2) is 5.44. The number of hydrogen-bond acceptors (Lipinski definition) is 4. The minimum Gasteiger partial charge on any atom is -0.392 e. The highest BCUT2D eigenvalue weighted by Crippen LogP contribution is 2.05. The largest absolute Gasteiger partial charge is 0.392 e. The molecular weight excluding hydrogens is 194 g/mol. The van der Waals surface area contributed by atoms with Gasteiger partial charge in [0.1, 0.15) is 0 Å². The van der Waals surface area contributed by atoms with Gasteiger partial charge in [0.15, 0.2) is 0 Å². The Morgan fingerprint density at radius 1 is 1.67 bits per heavy atom. The van der Waals surface area contributed by atoms with E-state index in [1.54, 1.807) is 0 Å². The number of hydrogen-bond donors (Lipinski definition) is 3. The second-order valence-electron chi connectivity index (χ2n) is 4.41. The van der Waals surface area contributed by atoms with E-state index in [1.165, 1.54) is 0 Å². The highest BCUT2D eigenvalue weighted by Gasteiger charge is 2.27. The number of carbonyl (C=O) groups is 1. The maximum absolute atomic E-state index is 11.6. The zero-order chi connectivity index (χ0) is 11.4. The molecule has 3 unspecified atom stereocenters. The van der Waals surface area contributed by atoms with Crippen LogP contribution in [-0.2, 0) is 4.79 Å². The Hall–Kier alpha value is -0.650. The summed E-state index contributed by atoms with van der Waals surface area (Å²) in [4.78, 5) is 13.7. The zero-order valence-electron chi connectivity index (χ0n) is 9.66. The van der Waals surface area contributed by atoms with Gasteiger partial charge < -0.3 is 20.6 Å². The summed E-state index contributed by atoms with van der Waals surface area (Å²) in [6.07, 6.45) is 0.134. The molecule has 15 heavy (non-hydrogen) atoms. The van der Waals surface area contributed by atoms with Crippen molar-refractivity contribution in [2.45, 2.75) is 31.5 Å². The molecular formula is C10H21N3O2. The minimum absolute atomic E-state index is 0.0137. The molecule has 1 aliphatic rings. The molecule has 1 fully saturated rings. The van der Waals surface area contributed by atoms with Crippen molar-refractivity contribution in [2.75, 3.05) is 27.2 Å². The Kier molecular flexibility index (Phi) is 4.50. The van der Waals surface area contributed by atoms with Crippen LogP contribution >= 0.6 is 0 Å². The Balaban J connectivity index is 2.24. The topological polar surface area (TPSA) is 64.6 Å². The summed E-state index contributed by atoms with van der Waals surface area (Å²) in [5.74, 6) is -0.0137. The standard InChI is InChI=1S/C10H21N3O2/c1-7(13(2)3)5-12-10(15)9-4-8(14)6-11-9/h7-9,11,14H,4-6H2,1-3H3,(H,12,15). The summed E-state index contributed by atoms with van der Waals surface area (Å²) < 4.78 is 0. The number of carbonyl (C=O) groups excluding carboxylic acids is 1. The van der Waals surface area contributed by atoms with Crippen LogP contribution in [0.2, 0.25) is 0 Å². The molecule has 5 nitrogen and oxygen atoms in total. The smallest absolute Gasteiger partial charge is 0.237 e. The van der Waals surface area contributed by atoms with Crippen LogP contribution in [0.3, 0.4) is 0 Å². The lowest BCUT2D eigenvalue weighted by Gasteiger charge is -2.21. The van der Waals surface area contributed by atoms with E-state index >= 15 is 0 Å². The molecule has 1 rings (SSSR count). The van der Waals surface area contributed by atoms with Crippen LogP contribution < -0.4 is 10.6 Å². The molecule has 1 aliphatic heterocycles. The third kappa shape index (κ3) is 3.77. The number of likely N-dealkylation sites (N-methyl/N-ethyl adjacent to an activating group) is 1. The molecule has 1 heterocycles. The van der Waals surface area contributed by atoms with E-state index in [0.29, 0.717) is 25.6 Å². The molecule has 0 bridgehead atoms. The third-order valence-electron chi connectivity index (χ3n) is 2.88. The number of nitrogens with one attached hydrogen (secondary N) is 2. The molecule has 0 radical (unpaired) electrons.